The molecule has 1 atom stereocenters. The van der Waals surface area contributed by atoms with Gasteiger partial charge in [-0.1, -0.05) is 12.1 Å². The van der Waals surface area contributed by atoms with Crippen LogP contribution in [0.1, 0.15) is 24.1 Å². The van der Waals surface area contributed by atoms with Crippen molar-refractivity contribution in [3.8, 4) is 0 Å². The van der Waals surface area contributed by atoms with Crippen LogP contribution >= 0.6 is 0 Å². The lowest BCUT2D eigenvalue weighted by molar-refractivity contribution is -0.127. The van der Waals surface area contributed by atoms with E-state index in [4.69, 9.17) is 0 Å². The third kappa shape index (κ3) is 5.47. The number of nitrogens with one attached hydrogen (secondary N) is 1. The van der Waals surface area contributed by atoms with Crippen LogP contribution < -0.4 is 5.32 Å². The van der Waals surface area contributed by atoms with Crippen LogP contribution in [0.15, 0.2) is 67.4 Å². The molecule has 0 spiro atoms. The van der Waals surface area contributed by atoms with Crippen molar-refractivity contribution in [1.29, 1.82) is 0 Å². The fourth-order valence-electron chi connectivity index (χ4n) is 3.57. The van der Waals surface area contributed by atoms with Gasteiger partial charge in [-0.05, 0) is 55.0 Å². The highest BCUT2D eigenvalue weighted by molar-refractivity contribution is 5.91. The van der Waals surface area contributed by atoms with Crippen molar-refractivity contribution in [3.05, 3.63) is 78.6 Å². The molecular weight excluding hydrogens is 376 g/mol. The Labute approximate surface area is 175 Å². The molecular formula is C23H24N6O. The summed E-state index contributed by atoms with van der Waals surface area (Å²) < 4.78 is 0. The lowest BCUT2D eigenvalue weighted by Crippen LogP contribution is -2.39. The number of rotatable bonds is 6. The van der Waals surface area contributed by atoms with E-state index in [-0.39, 0.29) is 5.91 Å². The fourth-order valence-corrected chi connectivity index (χ4v) is 3.57. The summed E-state index contributed by atoms with van der Waals surface area (Å²) >= 11 is 0. The number of anilines is 2. The Bertz CT molecular complexity index is 976. The maximum absolute atomic E-state index is 12.6. The van der Waals surface area contributed by atoms with Crippen molar-refractivity contribution in [2.24, 2.45) is 5.92 Å². The monoisotopic (exact) mass is 400 g/mol. The normalized spacial score (nSPS) is 16.5. The number of pyridine rings is 2. The SMILES string of the molecule is O=C(C=Cc1cccnc1)N1CCCC(Cc2cnc(Nc3ccccn3)cn2)C1. The second-order valence-electron chi connectivity index (χ2n) is 7.35. The fraction of sp³-hybridized carbons (Fsp3) is 0.261. The van der Waals surface area contributed by atoms with Crippen LogP contribution in [-0.4, -0.2) is 43.8 Å². The maximum atomic E-state index is 12.6. The molecule has 0 radical (unpaired) electrons. The number of amides is 1. The summed E-state index contributed by atoms with van der Waals surface area (Å²) in [5.41, 5.74) is 1.86. The van der Waals surface area contributed by atoms with Crippen molar-refractivity contribution in [1.82, 2.24) is 24.8 Å². The van der Waals surface area contributed by atoms with Crippen LogP contribution in [0.3, 0.4) is 0 Å². The van der Waals surface area contributed by atoms with E-state index in [1.54, 1.807) is 37.1 Å². The van der Waals surface area contributed by atoms with E-state index in [2.05, 4.69) is 25.3 Å². The van der Waals surface area contributed by atoms with Gasteiger partial charge >= 0.3 is 0 Å². The van der Waals surface area contributed by atoms with Crippen molar-refractivity contribution in [3.63, 3.8) is 0 Å². The molecule has 3 aromatic rings. The average molecular weight is 400 g/mol. The van der Waals surface area contributed by atoms with Gasteiger partial charge in [-0.3, -0.25) is 14.8 Å². The molecule has 1 N–H and O–H groups in total. The van der Waals surface area contributed by atoms with Crippen LogP contribution in [0.25, 0.3) is 6.08 Å². The number of nitrogens with zero attached hydrogens (tertiary/aromatic N) is 5. The summed E-state index contributed by atoms with van der Waals surface area (Å²) in [6.45, 7) is 1.54. The Morgan fingerprint density at radius 1 is 1.07 bits per heavy atom. The van der Waals surface area contributed by atoms with Crippen molar-refractivity contribution in [2.45, 2.75) is 19.3 Å². The molecule has 0 aromatic carbocycles. The second-order valence-corrected chi connectivity index (χ2v) is 7.35. The van der Waals surface area contributed by atoms with Crippen LogP contribution in [0.2, 0.25) is 0 Å². The van der Waals surface area contributed by atoms with Crippen LogP contribution in [-0.2, 0) is 11.2 Å². The molecule has 1 unspecified atom stereocenters. The predicted octanol–water partition coefficient (Wildman–Crippen LogP) is 3.50. The third-order valence-corrected chi connectivity index (χ3v) is 5.06. The molecule has 3 aromatic heterocycles. The maximum Gasteiger partial charge on any atom is 0.246 e. The van der Waals surface area contributed by atoms with Gasteiger partial charge in [0.25, 0.3) is 0 Å². The molecule has 1 fully saturated rings. The Kier molecular flexibility index (Phi) is 6.39. The molecule has 1 aliphatic rings. The Balaban J connectivity index is 1.31. The highest BCUT2D eigenvalue weighted by atomic mass is 16.2. The summed E-state index contributed by atoms with van der Waals surface area (Å²) in [7, 11) is 0. The first-order valence-electron chi connectivity index (χ1n) is 10.1. The van der Waals surface area contributed by atoms with E-state index in [9.17, 15) is 4.79 Å². The number of hydrogen-bond donors (Lipinski definition) is 1. The molecule has 152 valence electrons. The summed E-state index contributed by atoms with van der Waals surface area (Å²) in [6.07, 6.45) is 15.1. The highest BCUT2D eigenvalue weighted by Crippen LogP contribution is 2.21. The first-order chi connectivity index (χ1) is 14.8. The van der Waals surface area contributed by atoms with Gasteiger partial charge in [0, 0.05) is 37.8 Å². The quantitative estimate of drug-likeness (QED) is 0.638. The molecule has 0 saturated carbocycles. The summed E-state index contributed by atoms with van der Waals surface area (Å²) in [4.78, 5) is 31.8. The summed E-state index contributed by atoms with van der Waals surface area (Å²) in [5, 5.41) is 3.13. The van der Waals surface area contributed by atoms with E-state index in [0.29, 0.717) is 11.7 Å². The van der Waals surface area contributed by atoms with Gasteiger partial charge in [0.05, 0.1) is 18.1 Å². The zero-order chi connectivity index (χ0) is 20.6. The summed E-state index contributed by atoms with van der Waals surface area (Å²) in [5.74, 6) is 1.83. The van der Waals surface area contributed by atoms with E-state index in [1.807, 2.05) is 41.3 Å². The molecule has 0 aliphatic carbocycles. The molecule has 1 aliphatic heterocycles. The number of carbonyl (C=O) groups is 1. The highest BCUT2D eigenvalue weighted by Gasteiger charge is 2.23. The van der Waals surface area contributed by atoms with Crippen molar-refractivity contribution in [2.75, 3.05) is 18.4 Å². The molecule has 7 heteroatoms. The van der Waals surface area contributed by atoms with E-state index in [0.717, 1.165) is 49.4 Å². The van der Waals surface area contributed by atoms with E-state index < -0.39 is 0 Å². The van der Waals surface area contributed by atoms with Gasteiger partial charge in [0.1, 0.15) is 11.6 Å². The predicted molar refractivity (Wildman–Crippen MR) is 116 cm³/mol. The van der Waals surface area contributed by atoms with Crippen molar-refractivity contribution < 1.29 is 4.79 Å². The zero-order valence-corrected chi connectivity index (χ0v) is 16.7. The number of piperidine rings is 1. The average Bonchev–Trinajstić information content (AvgIpc) is 2.80. The van der Waals surface area contributed by atoms with Gasteiger partial charge in [-0.2, -0.15) is 0 Å². The Hall–Kier alpha value is -3.61. The largest absolute Gasteiger partial charge is 0.339 e. The molecule has 1 saturated heterocycles. The van der Waals surface area contributed by atoms with Gasteiger partial charge in [-0.25, -0.2) is 9.97 Å². The minimum atomic E-state index is 0.0459. The van der Waals surface area contributed by atoms with Gasteiger partial charge < -0.3 is 10.2 Å². The molecule has 7 nitrogen and oxygen atoms in total. The smallest absolute Gasteiger partial charge is 0.246 e. The summed E-state index contributed by atoms with van der Waals surface area (Å²) in [6, 6.07) is 9.46. The molecule has 4 rings (SSSR count). The molecule has 1 amide bonds. The zero-order valence-electron chi connectivity index (χ0n) is 16.7. The van der Waals surface area contributed by atoms with Crippen LogP contribution in [0.5, 0.6) is 0 Å². The molecule has 30 heavy (non-hydrogen) atoms. The molecule has 0 bridgehead atoms. The Morgan fingerprint density at radius 3 is 2.80 bits per heavy atom. The number of likely N-dealkylation sites (tertiary alicyclic amines) is 1. The second kappa shape index (κ2) is 9.73. The topological polar surface area (TPSA) is 83.9 Å². The minimum Gasteiger partial charge on any atom is -0.339 e. The van der Waals surface area contributed by atoms with Gasteiger partial charge in [0.2, 0.25) is 5.91 Å². The van der Waals surface area contributed by atoms with Crippen molar-refractivity contribution >= 4 is 23.6 Å². The number of hydrogen-bond acceptors (Lipinski definition) is 6. The third-order valence-electron chi connectivity index (χ3n) is 5.06. The van der Waals surface area contributed by atoms with Crippen LogP contribution in [0, 0.1) is 5.92 Å². The number of aromatic nitrogens is 4. The van der Waals surface area contributed by atoms with Gasteiger partial charge in [-0.15, -0.1) is 0 Å². The van der Waals surface area contributed by atoms with E-state index >= 15 is 0 Å². The lowest BCUT2D eigenvalue weighted by atomic mass is 9.93. The standard InChI is InChI=1S/C23H24N6O/c30-23(9-8-18-5-3-10-24-14-18)29-12-4-6-19(17-29)13-20-15-27-22(16-26-20)28-21-7-1-2-11-25-21/h1-3,5,7-11,14-16,19H,4,6,12-13,17H2,(H,25,27,28). The lowest BCUT2D eigenvalue weighted by Gasteiger charge is -2.32. The van der Waals surface area contributed by atoms with Gasteiger partial charge in [0.15, 0.2) is 0 Å². The minimum absolute atomic E-state index is 0.0459. The molecule has 4 heterocycles. The van der Waals surface area contributed by atoms with Crippen LogP contribution in [0.4, 0.5) is 11.6 Å². The first kappa shape index (κ1) is 19.7. The Morgan fingerprint density at radius 2 is 2.03 bits per heavy atom. The van der Waals surface area contributed by atoms with E-state index in [1.165, 1.54) is 0 Å². The first-order valence-corrected chi connectivity index (χ1v) is 10.1. The number of carbonyl (C=O) groups excluding carboxylic acids is 1.